The summed E-state index contributed by atoms with van der Waals surface area (Å²) < 4.78 is 10.6. The summed E-state index contributed by atoms with van der Waals surface area (Å²) in [5.41, 5.74) is 1.17. The molecule has 2 aliphatic rings. The van der Waals surface area contributed by atoms with Gasteiger partial charge in [-0.1, -0.05) is 6.92 Å². The topological polar surface area (TPSA) is 50.8 Å². The molecule has 3 atom stereocenters. The molecular formula is C18H26N2O3. The van der Waals surface area contributed by atoms with Crippen molar-refractivity contribution in [1.82, 2.24) is 10.2 Å². The first-order valence-electron chi connectivity index (χ1n) is 8.33. The van der Waals surface area contributed by atoms with Gasteiger partial charge in [0, 0.05) is 37.7 Å². The van der Waals surface area contributed by atoms with E-state index in [-0.39, 0.29) is 17.9 Å². The van der Waals surface area contributed by atoms with Crippen molar-refractivity contribution in [3.8, 4) is 11.5 Å². The van der Waals surface area contributed by atoms with Crippen LogP contribution in [0.25, 0.3) is 0 Å². The number of carbonyl (C=O) groups is 1. The van der Waals surface area contributed by atoms with E-state index in [1.165, 1.54) is 5.56 Å². The van der Waals surface area contributed by atoms with Crippen molar-refractivity contribution in [3.05, 3.63) is 23.8 Å². The summed E-state index contributed by atoms with van der Waals surface area (Å²) in [6, 6.07) is 6.25. The number of nitrogens with zero attached hydrogens (tertiary/aromatic N) is 1. The second kappa shape index (κ2) is 6.79. The zero-order valence-electron chi connectivity index (χ0n) is 14.2. The number of hydrogen-bond donors (Lipinski definition) is 1. The molecule has 5 nitrogen and oxygen atoms in total. The molecule has 126 valence electrons. The van der Waals surface area contributed by atoms with Gasteiger partial charge in [0.1, 0.15) is 11.5 Å². The summed E-state index contributed by atoms with van der Waals surface area (Å²) in [6.07, 6.45) is 2.07. The standard InChI is InChI=1S/C18H26N2O3/c1-12-6-17(12)18(21)19-14-4-5-20(11-14)10-13-7-15(22-2)9-16(8-13)23-3/h7-9,12,14,17H,4-6,10-11H2,1-3H3,(H,19,21)/t12-,14-,17+/m0/s1. The molecular weight excluding hydrogens is 292 g/mol. The van der Waals surface area contributed by atoms with Crippen molar-refractivity contribution in [1.29, 1.82) is 0 Å². The summed E-state index contributed by atoms with van der Waals surface area (Å²) in [6.45, 7) is 4.90. The third-order valence-corrected chi connectivity index (χ3v) is 4.88. The van der Waals surface area contributed by atoms with E-state index in [1.54, 1.807) is 14.2 Å². The lowest BCUT2D eigenvalue weighted by molar-refractivity contribution is -0.123. The van der Waals surface area contributed by atoms with Crippen LogP contribution in [0.3, 0.4) is 0 Å². The van der Waals surface area contributed by atoms with E-state index in [9.17, 15) is 4.79 Å². The molecule has 1 aliphatic carbocycles. The Kier molecular flexibility index (Phi) is 4.76. The van der Waals surface area contributed by atoms with E-state index in [1.807, 2.05) is 18.2 Å². The van der Waals surface area contributed by atoms with E-state index >= 15 is 0 Å². The maximum atomic E-state index is 12.0. The van der Waals surface area contributed by atoms with Crippen LogP contribution in [-0.4, -0.2) is 44.2 Å². The SMILES string of the molecule is COc1cc(CN2CC[C@H](NC(=O)[C@@H]3C[C@@H]3C)C2)cc(OC)c1. The van der Waals surface area contributed by atoms with Crippen LogP contribution in [0.15, 0.2) is 18.2 Å². The first-order chi connectivity index (χ1) is 11.1. The fraction of sp³-hybridized carbons (Fsp3) is 0.611. The number of likely N-dealkylation sites (tertiary alicyclic amines) is 1. The second-order valence-corrected chi connectivity index (χ2v) is 6.77. The van der Waals surface area contributed by atoms with Crippen LogP contribution in [0.2, 0.25) is 0 Å². The largest absolute Gasteiger partial charge is 0.497 e. The number of ether oxygens (including phenoxy) is 2. The van der Waals surface area contributed by atoms with Crippen LogP contribution < -0.4 is 14.8 Å². The molecule has 1 saturated carbocycles. The van der Waals surface area contributed by atoms with Crippen molar-refractivity contribution in [3.63, 3.8) is 0 Å². The number of rotatable bonds is 6. The molecule has 5 heteroatoms. The highest BCUT2D eigenvalue weighted by Gasteiger charge is 2.40. The molecule has 3 rings (SSSR count). The monoisotopic (exact) mass is 318 g/mol. The average Bonchev–Trinajstić information content (AvgIpc) is 3.13. The molecule has 0 unspecified atom stereocenters. The van der Waals surface area contributed by atoms with E-state index < -0.39 is 0 Å². The Hall–Kier alpha value is -1.75. The summed E-state index contributed by atoms with van der Waals surface area (Å²) in [5, 5.41) is 3.20. The van der Waals surface area contributed by atoms with Crippen molar-refractivity contribution in [2.24, 2.45) is 11.8 Å². The first kappa shape index (κ1) is 16.1. The smallest absolute Gasteiger partial charge is 0.223 e. The van der Waals surface area contributed by atoms with E-state index in [2.05, 4.69) is 17.1 Å². The minimum Gasteiger partial charge on any atom is -0.497 e. The van der Waals surface area contributed by atoms with Gasteiger partial charge in [0.2, 0.25) is 5.91 Å². The van der Waals surface area contributed by atoms with Crippen LogP contribution in [0, 0.1) is 11.8 Å². The van der Waals surface area contributed by atoms with Crippen LogP contribution in [0.4, 0.5) is 0 Å². The maximum absolute atomic E-state index is 12.0. The van der Waals surface area contributed by atoms with Crippen LogP contribution in [-0.2, 0) is 11.3 Å². The van der Waals surface area contributed by atoms with Gasteiger partial charge in [-0.2, -0.15) is 0 Å². The van der Waals surface area contributed by atoms with Gasteiger partial charge in [-0.15, -0.1) is 0 Å². The Balaban J connectivity index is 1.54. The van der Waals surface area contributed by atoms with Gasteiger partial charge in [-0.05, 0) is 36.5 Å². The number of nitrogens with one attached hydrogen (secondary N) is 1. The molecule has 1 aromatic rings. The van der Waals surface area contributed by atoms with Gasteiger partial charge in [0.25, 0.3) is 0 Å². The van der Waals surface area contributed by atoms with Crippen molar-refractivity contribution in [2.45, 2.75) is 32.4 Å². The van der Waals surface area contributed by atoms with Gasteiger partial charge >= 0.3 is 0 Å². The third-order valence-electron chi connectivity index (χ3n) is 4.88. The molecule has 1 amide bonds. The number of hydrogen-bond acceptors (Lipinski definition) is 4. The molecule has 0 spiro atoms. The lowest BCUT2D eigenvalue weighted by Crippen LogP contribution is -2.38. The van der Waals surface area contributed by atoms with Crippen LogP contribution in [0.5, 0.6) is 11.5 Å². The Morgan fingerprint density at radius 1 is 1.26 bits per heavy atom. The zero-order chi connectivity index (χ0) is 16.4. The Labute approximate surface area is 137 Å². The number of methoxy groups -OCH3 is 2. The molecule has 0 bridgehead atoms. The third kappa shape index (κ3) is 3.96. The quantitative estimate of drug-likeness (QED) is 0.872. The fourth-order valence-electron chi connectivity index (χ4n) is 3.31. The highest BCUT2D eigenvalue weighted by atomic mass is 16.5. The minimum absolute atomic E-state index is 0.243. The Bertz CT molecular complexity index is 553. The lowest BCUT2D eigenvalue weighted by Gasteiger charge is -2.18. The highest BCUT2D eigenvalue weighted by molar-refractivity contribution is 5.81. The van der Waals surface area contributed by atoms with Gasteiger partial charge in [0.05, 0.1) is 14.2 Å². The van der Waals surface area contributed by atoms with Crippen LogP contribution in [0.1, 0.15) is 25.3 Å². The molecule has 0 radical (unpaired) electrons. The predicted molar refractivity (Wildman–Crippen MR) is 88.6 cm³/mol. The molecule has 1 N–H and O–H groups in total. The molecule has 1 aliphatic heterocycles. The molecule has 0 aromatic heterocycles. The summed E-state index contributed by atoms with van der Waals surface area (Å²) >= 11 is 0. The van der Waals surface area contributed by atoms with Gasteiger partial charge in [-0.3, -0.25) is 9.69 Å². The molecule has 23 heavy (non-hydrogen) atoms. The maximum Gasteiger partial charge on any atom is 0.223 e. The minimum atomic E-state index is 0.243. The fourth-order valence-corrected chi connectivity index (χ4v) is 3.31. The highest BCUT2D eigenvalue weighted by Crippen LogP contribution is 2.37. The normalized spacial score (nSPS) is 26.8. The van der Waals surface area contributed by atoms with Crippen molar-refractivity contribution >= 4 is 5.91 Å². The molecule has 2 fully saturated rings. The summed E-state index contributed by atoms with van der Waals surface area (Å²) in [5.74, 6) is 2.69. The van der Waals surface area contributed by atoms with Crippen molar-refractivity contribution in [2.75, 3.05) is 27.3 Å². The second-order valence-electron chi connectivity index (χ2n) is 6.77. The zero-order valence-corrected chi connectivity index (χ0v) is 14.2. The van der Waals surface area contributed by atoms with E-state index in [4.69, 9.17) is 9.47 Å². The Morgan fingerprint density at radius 3 is 2.48 bits per heavy atom. The van der Waals surface area contributed by atoms with Gasteiger partial charge in [-0.25, -0.2) is 0 Å². The molecule has 1 saturated heterocycles. The molecule has 1 heterocycles. The molecule has 1 aromatic carbocycles. The average molecular weight is 318 g/mol. The number of amides is 1. The van der Waals surface area contributed by atoms with Crippen LogP contribution >= 0.6 is 0 Å². The van der Waals surface area contributed by atoms with Crippen molar-refractivity contribution < 1.29 is 14.3 Å². The van der Waals surface area contributed by atoms with E-state index in [0.717, 1.165) is 44.0 Å². The number of benzene rings is 1. The van der Waals surface area contributed by atoms with Gasteiger partial charge in [0.15, 0.2) is 0 Å². The first-order valence-corrected chi connectivity index (χ1v) is 8.33. The summed E-state index contributed by atoms with van der Waals surface area (Å²) in [7, 11) is 3.33. The lowest BCUT2D eigenvalue weighted by atomic mass is 10.2. The Morgan fingerprint density at radius 2 is 1.91 bits per heavy atom. The number of carbonyl (C=O) groups excluding carboxylic acids is 1. The van der Waals surface area contributed by atoms with E-state index in [0.29, 0.717) is 5.92 Å². The van der Waals surface area contributed by atoms with Gasteiger partial charge < -0.3 is 14.8 Å². The predicted octanol–water partition coefficient (Wildman–Crippen LogP) is 2.05. The summed E-state index contributed by atoms with van der Waals surface area (Å²) in [4.78, 5) is 14.4.